The zero-order valence-electron chi connectivity index (χ0n) is 9.77. The molecule has 0 heterocycles. The lowest BCUT2D eigenvalue weighted by Crippen LogP contribution is -1.98. The SMILES string of the molecule is [N-]=[N+]=NC(=O)OCC/C=C/C=C/c1ccccc1. The summed E-state index contributed by atoms with van der Waals surface area (Å²) in [6.07, 6.45) is 7.29. The highest BCUT2D eigenvalue weighted by Gasteiger charge is 1.94. The molecule has 18 heavy (non-hydrogen) atoms. The molecule has 0 spiro atoms. The van der Waals surface area contributed by atoms with Crippen LogP contribution in [0.25, 0.3) is 16.5 Å². The van der Waals surface area contributed by atoms with E-state index in [1.807, 2.05) is 54.6 Å². The predicted molar refractivity (Wildman–Crippen MR) is 69.7 cm³/mol. The largest absolute Gasteiger partial charge is 0.461 e. The number of benzene rings is 1. The number of amides is 1. The van der Waals surface area contributed by atoms with Gasteiger partial charge in [-0.25, -0.2) is 4.79 Å². The fraction of sp³-hybridized carbons (Fsp3) is 0.154. The predicted octanol–water partition coefficient (Wildman–Crippen LogP) is 4.09. The number of carbonyl (C=O) groups is 1. The number of hydrogen-bond donors (Lipinski definition) is 0. The van der Waals surface area contributed by atoms with Gasteiger partial charge in [-0.3, -0.25) is 0 Å². The fourth-order valence-corrected chi connectivity index (χ4v) is 1.19. The Morgan fingerprint density at radius 3 is 2.83 bits per heavy atom. The molecule has 0 bridgehead atoms. The zero-order chi connectivity index (χ0) is 13.1. The minimum atomic E-state index is -0.897. The Morgan fingerprint density at radius 2 is 2.11 bits per heavy atom. The van der Waals surface area contributed by atoms with Crippen molar-refractivity contribution >= 4 is 12.2 Å². The summed E-state index contributed by atoms with van der Waals surface area (Å²) in [7, 11) is 0. The zero-order valence-corrected chi connectivity index (χ0v) is 9.77. The molecule has 92 valence electrons. The van der Waals surface area contributed by atoms with Crippen LogP contribution in [-0.4, -0.2) is 12.7 Å². The summed E-state index contributed by atoms with van der Waals surface area (Å²) in [6, 6.07) is 9.92. The van der Waals surface area contributed by atoms with Crippen molar-refractivity contribution in [2.24, 2.45) is 5.11 Å². The topological polar surface area (TPSA) is 75.1 Å². The van der Waals surface area contributed by atoms with Gasteiger partial charge in [-0.1, -0.05) is 54.6 Å². The smallest absolute Gasteiger partial charge is 0.396 e. The molecule has 5 heteroatoms. The Kier molecular flexibility index (Phi) is 6.48. The highest BCUT2D eigenvalue weighted by Crippen LogP contribution is 2.01. The Morgan fingerprint density at radius 1 is 1.33 bits per heavy atom. The summed E-state index contributed by atoms with van der Waals surface area (Å²) in [5, 5.41) is 2.78. The van der Waals surface area contributed by atoms with E-state index in [9.17, 15) is 4.79 Å². The van der Waals surface area contributed by atoms with Crippen molar-refractivity contribution in [3.8, 4) is 0 Å². The van der Waals surface area contributed by atoms with Gasteiger partial charge in [-0.15, -0.1) is 0 Å². The lowest BCUT2D eigenvalue weighted by atomic mass is 10.2. The van der Waals surface area contributed by atoms with Crippen LogP contribution < -0.4 is 0 Å². The Bertz CT molecular complexity index is 474. The maximum Gasteiger partial charge on any atom is 0.396 e. The molecule has 1 rings (SSSR count). The van der Waals surface area contributed by atoms with Crippen LogP contribution in [-0.2, 0) is 4.74 Å². The van der Waals surface area contributed by atoms with Gasteiger partial charge in [0.15, 0.2) is 0 Å². The molecule has 1 aromatic rings. The van der Waals surface area contributed by atoms with Crippen LogP contribution in [0.15, 0.2) is 53.7 Å². The maximum absolute atomic E-state index is 10.6. The molecular formula is C13H13N3O2. The van der Waals surface area contributed by atoms with Crippen molar-refractivity contribution in [2.75, 3.05) is 6.61 Å². The molecule has 0 aliphatic carbocycles. The van der Waals surface area contributed by atoms with Crippen LogP contribution in [0.1, 0.15) is 12.0 Å². The summed E-state index contributed by atoms with van der Waals surface area (Å²) < 4.78 is 4.61. The molecule has 1 amide bonds. The fourth-order valence-electron chi connectivity index (χ4n) is 1.19. The van der Waals surface area contributed by atoms with Crippen molar-refractivity contribution in [1.29, 1.82) is 0 Å². The number of nitrogens with zero attached hydrogens (tertiary/aromatic N) is 3. The van der Waals surface area contributed by atoms with E-state index in [1.165, 1.54) is 0 Å². The average Bonchev–Trinajstić information content (AvgIpc) is 2.39. The van der Waals surface area contributed by atoms with Gasteiger partial charge in [0.05, 0.1) is 6.61 Å². The van der Waals surface area contributed by atoms with Gasteiger partial charge in [0.1, 0.15) is 0 Å². The number of rotatable bonds is 5. The molecule has 0 atom stereocenters. The van der Waals surface area contributed by atoms with Crippen molar-refractivity contribution in [3.63, 3.8) is 0 Å². The standard InChI is InChI=1S/C13H13N3O2/c14-16-15-13(17)18-11-7-2-1-4-8-12-9-5-3-6-10-12/h1-6,8-10H,7,11H2/b2-1+,8-4+. The van der Waals surface area contributed by atoms with Crippen molar-refractivity contribution in [3.05, 3.63) is 64.6 Å². The first-order valence-corrected chi connectivity index (χ1v) is 5.43. The maximum atomic E-state index is 10.6. The molecule has 0 N–H and O–H groups in total. The van der Waals surface area contributed by atoms with Crippen molar-refractivity contribution < 1.29 is 9.53 Å². The van der Waals surface area contributed by atoms with Crippen LogP contribution >= 0.6 is 0 Å². The van der Waals surface area contributed by atoms with E-state index in [1.54, 1.807) is 0 Å². The Balaban J connectivity index is 2.20. The number of hydrogen-bond acceptors (Lipinski definition) is 2. The van der Waals surface area contributed by atoms with E-state index in [2.05, 4.69) is 14.8 Å². The lowest BCUT2D eigenvalue weighted by molar-refractivity contribution is 0.159. The van der Waals surface area contributed by atoms with E-state index in [0.717, 1.165) is 5.56 Å². The van der Waals surface area contributed by atoms with Gasteiger partial charge >= 0.3 is 6.09 Å². The van der Waals surface area contributed by atoms with Crippen molar-refractivity contribution in [2.45, 2.75) is 6.42 Å². The molecule has 1 aromatic carbocycles. The van der Waals surface area contributed by atoms with Gasteiger partial charge in [0, 0.05) is 10.0 Å². The summed E-state index contributed by atoms with van der Waals surface area (Å²) in [6.45, 7) is 0.202. The van der Waals surface area contributed by atoms with Gasteiger partial charge in [0.2, 0.25) is 0 Å². The summed E-state index contributed by atoms with van der Waals surface area (Å²) in [5.41, 5.74) is 9.07. The van der Waals surface area contributed by atoms with Crippen LogP contribution in [0.4, 0.5) is 4.79 Å². The molecule has 0 radical (unpaired) electrons. The van der Waals surface area contributed by atoms with E-state index >= 15 is 0 Å². The normalized spacial score (nSPS) is 10.4. The molecule has 0 saturated heterocycles. The lowest BCUT2D eigenvalue weighted by Gasteiger charge is -1.95. The highest BCUT2D eigenvalue weighted by atomic mass is 16.5. The third-order valence-corrected chi connectivity index (χ3v) is 1.97. The minimum Gasteiger partial charge on any atom is -0.461 e. The van der Waals surface area contributed by atoms with Gasteiger partial charge in [0.25, 0.3) is 0 Å². The Hall–Kier alpha value is -2.52. The van der Waals surface area contributed by atoms with Crippen LogP contribution in [0.2, 0.25) is 0 Å². The monoisotopic (exact) mass is 243 g/mol. The Labute approximate surface area is 105 Å². The third kappa shape index (κ3) is 6.15. The number of azide groups is 1. The second kappa shape index (κ2) is 8.61. The molecule has 0 saturated carbocycles. The molecule has 5 nitrogen and oxygen atoms in total. The first-order chi connectivity index (χ1) is 8.83. The minimum absolute atomic E-state index is 0.202. The number of carbonyl (C=O) groups excluding carboxylic acids is 1. The molecule has 0 aliphatic heterocycles. The van der Waals surface area contributed by atoms with E-state index in [0.29, 0.717) is 6.42 Å². The average molecular weight is 243 g/mol. The van der Waals surface area contributed by atoms with Crippen molar-refractivity contribution in [1.82, 2.24) is 0 Å². The molecule has 0 unspecified atom stereocenters. The number of ether oxygens (including phenoxy) is 1. The summed E-state index contributed by atoms with van der Waals surface area (Å²) in [4.78, 5) is 13.0. The van der Waals surface area contributed by atoms with Gasteiger partial charge in [-0.2, -0.15) is 0 Å². The third-order valence-electron chi connectivity index (χ3n) is 1.97. The second-order valence-electron chi connectivity index (χ2n) is 3.29. The van der Waals surface area contributed by atoms with Gasteiger partial charge in [-0.05, 0) is 17.5 Å². The molecule has 0 aromatic heterocycles. The second-order valence-corrected chi connectivity index (χ2v) is 3.29. The highest BCUT2D eigenvalue weighted by molar-refractivity contribution is 5.67. The summed E-state index contributed by atoms with van der Waals surface area (Å²) >= 11 is 0. The molecule has 0 fully saturated rings. The number of allylic oxidation sites excluding steroid dienone is 2. The summed E-state index contributed by atoms with van der Waals surface area (Å²) in [5.74, 6) is 0. The first-order valence-electron chi connectivity index (χ1n) is 5.43. The van der Waals surface area contributed by atoms with Crippen LogP contribution in [0, 0.1) is 0 Å². The molecular weight excluding hydrogens is 230 g/mol. The molecule has 0 aliphatic rings. The van der Waals surface area contributed by atoms with E-state index in [-0.39, 0.29) is 6.61 Å². The van der Waals surface area contributed by atoms with E-state index < -0.39 is 6.09 Å². The van der Waals surface area contributed by atoms with Gasteiger partial charge < -0.3 is 4.74 Å². The first kappa shape index (κ1) is 13.5. The van der Waals surface area contributed by atoms with Crippen LogP contribution in [0.3, 0.4) is 0 Å². The van der Waals surface area contributed by atoms with E-state index in [4.69, 9.17) is 5.53 Å². The quantitative estimate of drug-likeness (QED) is 0.257. The van der Waals surface area contributed by atoms with Crippen LogP contribution in [0.5, 0.6) is 0 Å².